The van der Waals surface area contributed by atoms with Crippen molar-refractivity contribution in [1.82, 2.24) is 4.90 Å². The summed E-state index contributed by atoms with van der Waals surface area (Å²) < 4.78 is 24.3. The van der Waals surface area contributed by atoms with Gasteiger partial charge in [0.15, 0.2) is 15.0 Å². The van der Waals surface area contributed by atoms with Crippen LogP contribution in [0.2, 0.25) is 5.02 Å². The third kappa shape index (κ3) is 5.07. The summed E-state index contributed by atoms with van der Waals surface area (Å²) in [5.74, 6) is 0.244. The van der Waals surface area contributed by atoms with Gasteiger partial charge in [0.05, 0.1) is 29.3 Å². The van der Waals surface area contributed by atoms with Gasteiger partial charge in [-0.05, 0) is 48.7 Å². The molecule has 4 rings (SSSR count). The molecule has 2 heterocycles. The Kier molecular flexibility index (Phi) is 6.32. The third-order valence-electron chi connectivity index (χ3n) is 5.69. The molecule has 0 spiro atoms. The first-order valence-electron chi connectivity index (χ1n) is 10.00. The summed E-state index contributed by atoms with van der Waals surface area (Å²) in [6.07, 6.45) is 0. The highest BCUT2D eigenvalue weighted by atomic mass is 35.5. The van der Waals surface area contributed by atoms with Crippen LogP contribution in [0.3, 0.4) is 0 Å². The SMILES string of the molecule is Cc1cccc(NC(=O)CSC2=N[C@@H]3CS(=O)(=O)C[C@H]3N2Cc2ccc(Cl)cc2)c1C. The van der Waals surface area contributed by atoms with Gasteiger partial charge in [0.1, 0.15) is 0 Å². The van der Waals surface area contributed by atoms with Gasteiger partial charge in [0.25, 0.3) is 0 Å². The third-order valence-corrected chi connectivity index (χ3v) is 8.65. The van der Waals surface area contributed by atoms with Crippen molar-refractivity contribution in [1.29, 1.82) is 0 Å². The van der Waals surface area contributed by atoms with E-state index in [1.165, 1.54) is 11.8 Å². The zero-order valence-corrected chi connectivity index (χ0v) is 19.7. The average molecular weight is 478 g/mol. The maximum absolute atomic E-state index is 12.6. The Morgan fingerprint density at radius 2 is 1.94 bits per heavy atom. The van der Waals surface area contributed by atoms with Gasteiger partial charge in [0, 0.05) is 17.3 Å². The molecule has 0 saturated carbocycles. The molecule has 1 amide bonds. The molecule has 2 aromatic carbocycles. The fourth-order valence-electron chi connectivity index (χ4n) is 3.88. The first kappa shape index (κ1) is 22.2. The van der Waals surface area contributed by atoms with Gasteiger partial charge in [-0.1, -0.05) is 47.6 Å². The van der Waals surface area contributed by atoms with Gasteiger partial charge in [-0.3, -0.25) is 9.79 Å². The molecule has 31 heavy (non-hydrogen) atoms. The van der Waals surface area contributed by atoms with Crippen molar-refractivity contribution in [2.45, 2.75) is 32.5 Å². The maximum Gasteiger partial charge on any atom is 0.234 e. The second-order valence-electron chi connectivity index (χ2n) is 7.96. The summed E-state index contributed by atoms with van der Waals surface area (Å²) in [6.45, 7) is 4.52. The number of nitrogens with one attached hydrogen (secondary N) is 1. The van der Waals surface area contributed by atoms with Crippen molar-refractivity contribution in [3.63, 3.8) is 0 Å². The second-order valence-corrected chi connectivity index (χ2v) is 11.5. The zero-order valence-electron chi connectivity index (χ0n) is 17.3. The van der Waals surface area contributed by atoms with Crippen LogP contribution in [0.1, 0.15) is 16.7 Å². The van der Waals surface area contributed by atoms with E-state index in [1.54, 1.807) is 0 Å². The van der Waals surface area contributed by atoms with Crippen LogP contribution in [0.25, 0.3) is 0 Å². The molecule has 0 aliphatic carbocycles. The monoisotopic (exact) mass is 477 g/mol. The second kappa shape index (κ2) is 8.84. The van der Waals surface area contributed by atoms with Crippen molar-refractivity contribution >= 4 is 50.0 Å². The summed E-state index contributed by atoms with van der Waals surface area (Å²) in [7, 11) is -3.10. The highest BCUT2D eigenvalue weighted by Crippen LogP contribution is 2.32. The van der Waals surface area contributed by atoms with E-state index in [0.29, 0.717) is 11.6 Å². The number of amidine groups is 1. The number of hydrogen-bond donors (Lipinski definition) is 1. The molecule has 0 radical (unpaired) electrons. The summed E-state index contributed by atoms with van der Waals surface area (Å²) >= 11 is 7.34. The molecule has 164 valence electrons. The molecular weight excluding hydrogens is 454 g/mol. The van der Waals surface area contributed by atoms with Gasteiger partial charge in [0.2, 0.25) is 5.91 Å². The number of benzene rings is 2. The minimum absolute atomic E-state index is 0.0630. The van der Waals surface area contributed by atoms with Gasteiger partial charge in [-0.25, -0.2) is 8.42 Å². The number of aliphatic imine (C=N–C) groups is 1. The first-order chi connectivity index (χ1) is 14.7. The number of sulfone groups is 1. The van der Waals surface area contributed by atoms with Crippen LogP contribution in [0.15, 0.2) is 47.5 Å². The van der Waals surface area contributed by atoms with Gasteiger partial charge < -0.3 is 10.2 Å². The van der Waals surface area contributed by atoms with Crippen LogP contribution in [0.4, 0.5) is 5.69 Å². The lowest BCUT2D eigenvalue weighted by atomic mass is 10.1. The Bertz CT molecular complexity index is 1130. The number of halogens is 1. The lowest BCUT2D eigenvalue weighted by Crippen LogP contribution is -2.38. The number of fused-ring (bicyclic) bond motifs is 1. The smallest absolute Gasteiger partial charge is 0.234 e. The van der Waals surface area contributed by atoms with E-state index in [0.717, 1.165) is 27.5 Å². The fourth-order valence-corrected chi connectivity index (χ4v) is 6.79. The standard InChI is InChI=1S/C22H24ClN3O3S2/c1-14-4-3-5-18(15(14)2)24-21(27)11-30-22-25-19-12-31(28,29)13-20(19)26(22)10-16-6-8-17(23)9-7-16/h3-9,19-20H,10-13H2,1-2H3,(H,24,27)/t19-,20-/m1/s1. The predicted octanol–water partition coefficient (Wildman–Crippen LogP) is 3.67. The zero-order chi connectivity index (χ0) is 22.2. The molecule has 6 nitrogen and oxygen atoms in total. The largest absolute Gasteiger partial charge is 0.341 e. The molecule has 2 aromatic rings. The molecule has 0 bridgehead atoms. The summed E-state index contributed by atoms with van der Waals surface area (Å²) in [6, 6.07) is 12.8. The van der Waals surface area contributed by atoms with Gasteiger partial charge in [-0.15, -0.1) is 0 Å². The molecule has 0 unspecified atom stereocenters. The van der Waals surface area contributed by atoms with Crippen LogP contribution in [-0.2, 0) is 21.2 Å². The summed E-state index contributed by atoms with van der Waals surface area (Å²) in [5, 5.41) is 4.33. The summed E-state index contributed by atoms with van der Waals surface area (Å²) in [4.78, 5) is 19.3. The minimum Gasteiger partial charge on any atom is -0.341 e. The van der Waals surface area contributed by atoms with Crippen molar-refractivity contribution in [3.05, 3.63) is 64.2 Å². The number of hydrogen-bond acceptors (Lipinski definition) is 6. The Morgan fingerprint density at radius 3 is 2.68 bits per heavy atom. The quantitative estimate of drug-likeness (QED) is 0.710. The van der Waals surface area contributed by atoms with Crippen molar-refractivity contribution in [3.8, 4) is 0 Å². The van der Waals surface area contributed by atoms with E-state index >= 15 is 0 Å². The number of anilines is 1. The topological polar surface area (TPSA) is 78.8 Å². The number of nitrogens with zero attached hydrogens (tertiary/aromatic N) is 2. The van der Waals surface area contributed by atoms with E-state index in [9.17, 15) is 13.2 Å². The van der Waals surface area contributed by atoms with E-state index in [4.69, 9.17) is 11.6 Å². The lowest BCUT2D eigenvalue weighted by Gasteiger charge is -2.26. The highest BCUT2D eigenvalue weighted by Gasteiger charge is 2.46. The molecule has 1 saturated heterocycles. The normalized spacial score (nSPS) is 21.6. The number of amides is 1. The molecule has 2 aliphatic rings. The van der Waals surface area contributed by atoms with Crippen LogP contribution < -0.4 is 5.32 Å². The van der Waals surface area contributed by atoms with Crippen LogP contribution >= 0.6 is 23.4 Å². The van der Waals surface area contributed by atoms with Crippen molar-refractivity contribution in [2.24, 2.45) is 4.99 Å². The van der Waals surface area contributed by atoms with E-state index in [2.05, 4.69) is 10.3 Å². The number of carbonyl (C=O) groups excluding carboxylic acids is 1. The van der Waals surface area contributed by atoms with Gasteiger partial charge in [-0.2, -0.15) is 0 Å². The Balaban J connectivity index is 1.46. The van der Waals surface area contributed by atoms with E-state index < -0.39 is 9.84 Å². The predicted molar refractivity (Wildman–Crippen MR) is 128 cm³/mol. The van der Waals surface area contributed by atoms with Crippen molar-refractivity contribution < 1.29 is 13.2 Å². The number of rotatable bonds is 5. The molecule has 2 atom stereocenters. The Labute approximate surface area is 192 Å². The molecule has 2 aliphatic heterocycles. The van der Waals surface area contributed by atoms with E-state index in [-0.39, 0.29) is 35.2 Å². The number of carbonyl (C=O) groups is 1. The van der Waals surface area contributed by atoms with E-state index in [1.807, 2.05) is 61.2 Å². The molecule has 9 heteroatoms. The maximum atomic E-state index is 12.6. The highest BCUT2D eigenvalue weighted by molar-refractivity contribution is 8.14. The summed E-state index contributed by atoms with van der Waals surface area (Å²) in [5.41, 5.74) is 3.99. The fraction of sp³-hybridized carbons (Fsp3) is 0.364. The number of aryl methyl sites for hydroxylation is 1. The van der Waals surface area contributed by atoms with Crippen LogP contribution in [-0.4, -0.2) is 53.7 Å². The molecule has 0 aromatic heterocycles. The Morgan fingerprint density at radius 1 is 1.19 bits per heavy atom. The minimum atomic E-state index is -3.10. The molecule has 1 N–H and O–H groups in total. The molecular formula is C22H24ClN3O3S2. The van der Waals surface area contributed by atoms with Gasteiger partial charge >= 0.3 is 0 Å². The average Bonchev–Trinajstić information content (AvgIpc) is 3.17. The number of thioether (sulfide) groups is 1. The van der Waals surface area contributed by atoms with Crippen LogP contribution in [0.5, 0.6) is 0 Å². The first-order valence-corrected chi connectivity index (χ1v) is 13.2. The Hall–Kier alpha value is -2.03. The van der Waals surface area contributed by atoms with Crippen molar-refractivity contribution in [2.75, 3.05) is 22.6 Å². The molecule has 1 fully saturated rings. The lowest BCUT2D eigenvalue weighted by molar-refractivity contribution is -0.113. The van der Waals surface area contributed by atoms with Crippen LogP contribution in [0, 0.1) is 13.8 Å².